The molecule has 0 atom stereocenters. The summed E-state index contributed by atoms with van der Waals surface area (Å²) in [7, 11) is 0. The van der Waals surface area contributed by atoms with Gasteiger partial charge in [-0.1, -0.05) is 13.8 Å². The topological polar surface area (TPSA) is 63.3 Å². The molecule has 0 saturated heterocycles. The minimum absolute atomic E-state index is 0.0504. The fraction of sp³-hybridized carbons (Fsp3) is 0.364. The molecule has 0 heterocycles. The van der Waals surface area contributed by atoms with E-state index in [1.807, 2.05) is 27.7 Å². The van der Waals surface area contributed by atoms with Crippen molar-refractivity contribution in [2.45, 2.75) is 27.7 Å². The quantitative estimate of drug-likeness (QED) is 0.721. The van der Waals surface area contributed by atoms with E-state index in [9.17, 15) is 9.90 Å². The number of aromatic hydroxyl groups is 1. The predicted octanol–water partition coefficient (Wildman–Crippen LogP) is 2.13. The molecule has 0 unspecified atom stereocenters. The standard InChI is InChI=1S/C9H11NO2.C2H6/c1-5-3-7(9(10)12)8(11)4-6(5)2;1-2/h3-4,11H,1-2H3,(H2,10,12);1-2H3. The van der Waals surface area contributed by atoms with Gasteiger partial charge in [0.15, 0.2) is 0 Å². The van der Waals surface area contributed by atoms with Gasteiger partial charge in [0.2, 0.25) is 0 Å². The highest BCUT2D eigenvalue weighted by atomic mass is 16.3. The Bertz CT molecular complexity index is 332. The fourth-order valence-corrected chi connectivity index (χ4v) is 0.998. The number of hydrogen-bond donors (Lipinski definition) is 2. The highest BCUT2D eigenvalue weighted by molar-refractivity contribution is 5.95. The Morgan fingerprint density at radius 1 is 1.21 bits per heavy atom. The molecule has 78 valence electrons. The molecule has 0 aliphatic rings. The molecular weight excluding hydrogens is 178 g/mol. The number of nitrogens with two attached hydrogens (primary N) is 1. The summed E-state index contributed by atoms with van der Waals surface area (Å²) >= 11 is 0. The van der Waals surface area contributed by atoms with Crippen molar-refractivity contribution in [1.29, 1.82) is 0 Å². The molecule has 1 rings (SSSR count). The summed E-state index contributed by atoms with van der Waals surface area (Å²) < 4.78 is 0. The minimum atomic E-state index is -0.601. The molecule has 0 aliphatic heterocycles. The lowest BCUT2D eigenvalue weighted by atomic mass is 10.0. The van der Waals surface area contributed by atoms with E-state index in [1.165, 1.54) is 6.07 Å². The lowest BCUT2D eigenvalue weighted by Crippen LogP contribution is -2.11. The van der Waals surface area contributed by atoms with E-state index >= 15 is 0 Å². The first-order valence-corrected chi connectivity index (χ1v) is 4.62. The van der Waals surface area contributed by atoms with Crippen LogP contribution in [0.15, 0.2) is 12.1 Å². The molecular formula is C11H17NO2. The van der Waals surface area contributed by atoms with Gasteiger partial charge in [0.05, 0.1) is 5.56 Å². The number of aryl methyl sites for hydroxylation is 2. The average Bonchev–Trinajstić information content (AvgIpc) is 2.14. The van der Waals surface area contributed by atoms with Crippen LogP contribution in [0.5, 0.6) is 5.75 Å². The molecule has 0 saturated carbocycles. The second-order valence-corrected chi connectivity index (χ2v) is 2.82. The number of carbonyl (C=O) groups excluding carboxylic acids is 1. The third-order valence-electron chi connectivity index (χ3n) is 1.88. The predicted molar refractivity (Wildman–Crippen MR) is 57.4 cm³/mol. The molecule has 0 spiro atoms. The van der Waals surface area contributed by atoms with Gasteiger partial charge in [-0.2, -0.15) is 0 Å². The number of phenols is 1. The Morgan fingerprint density at radius 2 is 1.64 bits per heavy atom. The Morgan fingerprint density at radius 3 is 2.07 bits per heavy atom. The Kier molecular flexibility index (Phi) is 4.70. The van der Waals surface area contributed by atoms with Crippen LogP contribution in [-0.4, -0.2) is 11.0 Å². The summed E-state index contributed by atoms with van der Waals surface area (Å²) in [6.07, 6.45) is 0. The van der Waals surface area contributed by atoms with Gasteiger partial charge in [-0.05, 0) is 37.1 Å². The van der Waals surface area contributed by atoms with E-state index in [1.54, 1.807) is 6.07 Å². The molecule has 0 aromatic heterocycles. The van der Waals surface area contributed by atoms with Crippen molar-refractivity contribution in [2.75, 3.05) is 0 Å². The molecule has 14 heavy (non-hydrogen) atoms. The van der Waals surface area contributed by atoms with Crippen molar-refractivity contribution in [3.63, 3.8) is 0 Å². The van der Waals surface area contributed by atoms with Gasteiger partial charge >= 0.3 is 0 Å². The van der Waals surface area contributed by atoms with Crippen molar-refractivity contribution in [2.24, 2.45) is 5.73 Å². The van der Waals surface area contributed by atoms with Crippen molar-refractivity contribution in [3.05, 3.63) is 28.8 Å². The highest BCUT2D eigenvalue weighted by Gasteiger charge is 2.08. The maximum absolute atomic E-state index is 10.7. The second-order valence-electron chi connectivity index (χ2n) is 2.82. The van der Waals surface area contributed by atoms with Gasteiger partial charge in [0, 0.05) is 0 Å². The molecule has 3 heteroatoms. The largest absolute Gasteiger partial charge is 0.507 e. The zero-order valence-corrected chi connectivity index (χ0v) is 9.09. The second kappa shape index (κ2) is 5.27. The summed E-state index contributed by atoms with van der Waals surface area (Å²) in [4.78, 5) is 10.7. The molecule has 1 aromatic carbocycles. The van der Waals surface area contributed by atoms with Crippen LogP contribution in [0.25, 0.3) is 0 Å². The molecule has 0 fully saturated rings. The number of benzene rings is 1. The summed E-state index contributed by atoms with van der Waals surface area (Å²) in [5, 5.41) is 9.29. The van der Waals surface area contributed by atoms with E-state index in [2.05, 4.69) is 0 Å². The van der Waals surface area contributed by atoms with Gasteiger partial charge in [0.1, 0.15) is 5.75 Å². The van der Waals surface area contributed by atoms with Gasteiger partial charge in [-0.3, -0.25) is 4.79 Å². The van der Waals surface area contributed by atoms with Gasteiger partial charge in [0.25, 0.3) is 5.91 Å². The number of carbonyl (C=O) groups is 1. The number of amides is 1. The summed E-state index contributed by atoms with van der Waals surface area (Å²) in [6, 6.07) is 3.13. The third-order valence-corrected chi connectivity index (χ3v) is 1.88. The third kappa shape index (κ3) is 2.76. The van der Waals surface area contributed by atoms with E-state index in [-0.39, 0.29) is 11.3 Å². The molecule has 1 amide bonds. The van der Waals surface area contributed by atoms with Gasteiger partial charge in [-0.25, -0.2) is 0 Å². The molecule has 0 aliphatic carbocycles. The first kappa shape index (κ1) is 12.5. The van der Waals surface area contributed by atoms with E-state index in [4.69, 9.17) is 5.73 Å². The smallest absolute Gasteiger partial charge is 0.252 e. The minimum Gasteiger partial charge on any atom is -0.507 e. The van der Waals surface area contributed by atoms with Crippen LogP contribution in [0.1, 0.15) is 35.3 Å². The summed E-state index contributed by atoms with van der Waals surface area (Å²) in [5.41, 5.74) is 7.10. The maximum Gasteiger partial charge on any atom is 0.252 e. The van der Waals surface area contributed by atoms with Crippen LogP contribution >= 0.6 is 0 Å². The van der Waals surface area contributed by atoms with Crippen molar-refractivity contribution in [3.8, 4) is 5.75 Å². The Balaban J connectivity index is 0.000000791. The first-order chi connectivity index (χ1) is 6.52. The normalized spacial score (nSPS) is 8.86. The monoisotopic (exact) mass is 195 g/mol. The molecule has 0 radical (unpaired) electrons. The number of hydrogen-bond acceptors (Lipinski definition) is 2. The van der Waals surface area contributed by atoms with Crippen LogP contribution in [-0.2, 0) is 0 Å². The first-order valence-electron chi connectivity index (χ1n) is 4.62. The molecule has 1 aromatic rings. The molecule has 3 nitrogen and oxygen atoms in total. The van der Waals surface area contributed by atoms with Crippen molar-refractivity contribution < 1.29 is 9.90 Å². The highest BCUT2D eigenvalue weighted by Crippen LogP contribution is 2.20. The van der Waals surface area contributed by atoms with Crippen molar-refractivity contribution >= 4 is 5.91 Å². The van der Waals surface area contributed by atoms with Crippen molar-refractivity contribution in [1.82, 2.24) is 0 Å². The maximum atomic E-state index is 10.7. The fourth-order valence-electron chi connectivity index (χ4n) is 0.998. The van der Waals surface area contributed by atoms with Crippen LogP contribution < -0.4 is 5.73 Å². The van der Waals surface area contributed by atoms with E-state index < -0.39 is 5.91 Å². The van der Waals surface area contributed by atoms with Crippen LogP contribution in [0, 0.1) is 13.8 Å². The van der Waals surface area contributed by atoms with Gasteiger partial charge < -0.3 is 10.8 Å². The lowest BCUT2D eigenvalue weighted by molar-refractivity contribution is 0.0997. The van der Waals surface area contributed by atoms with Crippen LogP contribution in [0.3, 0.4) is 0 Å². The lowest BCUT2D eigenvalue weighted by Gasteiger charge is -2.04. The molecule has 3 N–H and O–H groups in total. The van der Waals surface area contributed by atoms with E-state index in [0.717, 1.165) is 11.1 Å². The average molecular weight is 195 g/mol. The van der Waals surface area contributed by atoms with Crippen LogP contribution in [0.2, 0.25) is 0 Å². The Hall–Kier alpha value is -1.51. The van der Waals surface area contributed by atoms with Gasteiger partial charge in [-0.15, -0.1) is 0 Å². The molecule has 0 bridgehead atoms. The SMILES string of the molecule is CC.Cc1cc(O)c(C(N)=O)cc1C. The zero-order valence-electron chi connectivity index (χ0n) is 9.09. The zero-order chi connectivity index (χ0) is 11.3. The van der Waals surface area contributed by atoms with Crippen LogP contribution in [0.4, 0.5) is 0 Å². The summed E-state index contributed by atoms with van der Waals surface area (Å²) in [6.45, 7) is 7.72. The Labute approximate surface area is 84.6 Å². The summed E-state index contributed by atoms with van der Waals surface area (Å²) in [5.74, 6) is -0.652. The van der Waals surface area contributed by atoms with E-state index in [0.29, 0.717) is 0 Å². The number of primary amides is 1. The number of rotatable bonds is 1.